The van der Waals surface area contributed by atoms with Crippen molar-refractivity contribution in [3.05, 3.63) is 6.42 Å². The normalized spacial score (nSPS) is 22.1. The second-order valence-electron chi connectivity index (χ2n) is 1.83. The zero-order chi connectivity index (χ0) is 5.98. The van der Waals surface area contributed by atoms with Crippen LogP contribution >= 0.6 is 0 Å². The van der Waals surface area contributed by atoms with Crippen LogP contribution in [0, 0.1) is 12.3 Å². The summed E-state index contributed by atoms with van der Waals surface area (Å²) in [6.07, 6.45) is 2.86. The van der Waals surface area contributed by atoms with Crippen LogP contribution in [0.4, 0.5) is 0 Å². The second-order valence-corrected chi connectivity index (χ2v) is 1.83. The number of hydrogen-bond donors (Lipinski definition) is 0. The summed E-state index contributed by atoms with van der Waals surface area (Å²) in [6, 6.07) is 0. The Hall–Kier alpha value is 1.11. The molecule has 1 aliphatic rings. The summed E-state index contributed by atoms with van der Waals surface area (Å²) in [4.78, 5) is 10.6. The zero-order valence-corrected chi connectivity index (χ0v) is 9.01. The molecule has 1 atom stereocenters. The maximum Gasteiger partial charge on any atom is 1.00 e. The van der Waals surface area contributed by atoms with Crippen LogP contribution < -0.4 is 51.4 Å². The summed E-state index contributed by atoms with van der Waals surface area (Å²) in [5.41, 5.74) is 0. The van der Waals surface area contributed by atoms with E-state index in [9.17, 15) is 4.79 Å². The number of carbonyl (C=O) groups is 1. The van der Waals surface area contributed by atoms with E-state index < -0.39 is 0 Å². The number of esters is 1. The summed E-state index contributed by atoms with van der Waals surface area (Å²) < 4.78 is 4.70. The minimum absolute atomic E-state index is 0. The van der Waals surface area contributed by atoms with Gasteiger partial charge in [-0.15, -0.1) is 0 Å². The SMILES string of the molecule is CCOC(=O)[C@@H]1[CH-]C1.[K+]. The molecule has 0 heterocycles. The van der Waals surface area contributed by atoms with E-state index in [0.717, 1.165) is 6.42 Å². The van der Waals surface area contributed by atoms with Crippen molar-refractivity contribution in [2.45, 2.75) is 13.3 Å². The van der Waals surface area contributed by atoms with Crippen LogP contribution in [0.15, 0.2) is 0 Å². The third-order valence-corrected chi connectivity index (χ3v) is 1.06. The second kappa shape index (κ2) is 4.85. The van der Waals surface area contributed by atoms with Crippen molar-refractivity contribution in [3.63, 3.8) is 0 Å². The van der Waals surface area contributed by atoms with Gasteiger partial charge in [-0.05, 0) is 6.92 Å². The predicted molar refractivity (Wildman–Crippen MR) is 29.0 cm³/mol. The van der Waals surface area contributed by atoms with Crippen molar-refractivity contribution in [1.82, 2.24) is 0 Å². The van der Waals surface area contributed by atoms with E-state index in [2.05, 4.69) is 0 Å². The van der Waals surface area contributed by atoms with E-state index in [1.54, 1.807) is 0 Å². The Bertz CT molecular complexity index is 99.2. The molecule has 1 rings (SSSR count). The molecule has 3 heteroatoms. The van der Waals surface area contributed by atoms with Crippen molar-refractivity contribution in [2.24, 2.45) is 5.92 Å². The van der Waals surface area contributed by atoms with Crippen LogP contribution in [0.2, 0.25) is 0 Å². The van der Waals surface area contributed by atoms with Gasteiger partial charge in [0.25, 0.3) is 5.97 Å². The van der Waals surface area contributed by atoms with Crippen molar-refractivity contribution < 1.29 is 60.9 Å². The predicted octanol–water partition coefficient (Wildman–Crippen LogP) is -2.22. The summed E-state index contributed by atoms with van der Waals surface area (Å²) in [6.45, 7) is 2.32. The molecule has 9 heavy (non-hydrogen) atoms. The van der Waals surface area contributed by atoms with Crippen LogP contribution in [-0.2, 0) is 9.53 Å². The molecule has 0 amide bonds. The van der Waals surface area contributed by atoms with Gasteiger partial charge in [0, 0.05) is 0 Å². The van der Waals surface area contributed by atoms with Crippen molar-refractivity contribution >= 4 is 5.97 Å². The van der Waals surface area contributed by atoms with Gasteiger partial charge in [-0.25, -0.2) is 0 Å². The van der Waals surface area contributed by atoms with Crippen molar-refractivity contribution in [3.8, 4) is 0 Å². The Morgan fingerprint density at radius 1 is 1.89 bits per heavy atom. The maximum absolute atomic E-state index is 10.6. The molecule has 0 aromatic heterocycles. The molecular formula is C6H9KO2. The van der Waals surface area contributed by atoms with E-state index in [1.807, 2.05) is 13.3 Å². The Balaban J connectivity index is 0.000000640. The molecule has 0 spiro atoms. The van der Waals surface area contributed by atoms with Gasteiger partial charge in [0.15, 0.2) is 0 Å². The topological polar surface area (TPSA) is 26.3 Å². The number of hydrogen-bond acceptors (Lipinski definition) is 2. The van der Waals surface area contributed by atoms with Crippen LogP contribution in [0.1, 0.15) is 13.3 Å². The quantitative estimate of drug-likeness (QED) is 0.254. The molecule has 1 aliphatic carbocycles. The van der Waals surface area contributed by atoms with Gasteiger partial charge in [0.2, 0.25) is 0 Å². The Labute approximate surface area is 97.8 Å². The van der Waals surface area contributed by atoms with Crippen LogP contribution in [0.3, 0.4) is 0 Å². The molecule has 0 N–H and O–H groups in total. The summed E-state index contributed by atoms with van der Waals surface area (Å²) in [5, 5.41) is 0. The Morgan fingerprint density at radius 3 is 2.78 bits per heavy atom. The zero-order valence-electron chi connectivity index (χ0n) is 5.89. The number of rotatable bonds is 2. The summed E-state index contributed by atoms with van der Waals surface area (Å²) in [7, 11) is 0. The summed E-state index contributed by atoms with van der Waals surface area (Å²) in [5.74, 6) is 0.0717. The molecule has 0 saturated heterocycles. The molecule has 0 bridgehead atoms. The largest absolute Gasteiger partial charge is 1.00 e. The average Bonchev–Trinajstić information content (AvgIpc) is 2.45. The third-order valence-electron chi connectivity index (χ3n) is 1.06. The van der Waals surface area contributed by atoms with Crippen molar-refractivity contribution in [1.29, 1.82) is 0 Å². The fourth-order valence-electron chi connectivity index (χ4n) is 0.510. The molecule has 2 nitrogen and oxygen atoms in total. The van der Waals surface area contributed by atoms with Gasteiger partial charge in [-0.2, -0.15) is 6.42 Å². The van der Waals surface area contributed by atoms with Crippen LogP contribution in [-0.4, -0.2) is 12.6 Å². The maximum atomic E-state index is 10.6. The first-order valence-corrected chi connectivity index (χ1v) is 2.84. The van der Waals surface area contributed by atoms with Gasteiger partial charge in [0.1, 0.15) is 0 Å². The monoisotopic (exact) mass is 152 g/mol. The van der Waals surface area contributed by atoms with Crippen LogP contribution in [0.5, 0.6) is 0 Å². The molecule has 1 saturated carbocycles. The number of ether oxygens (including phenoxy) is 1. The van der Waals surface area contributed by atoms with Gasteiger partial charge in [0.05, 0.1) is 6.61 Å². The van der Waals surface area contributed by atoms with Crippen LogP contribution in [0.25, 0.3) is 0 Å². The molecule has 0 aromatic carbocycles. The van der Waals surface area contributed by atoms with E-state index in [0.29, 0.717) is 6.61 Å². The minimum Gasteiger partial charge on any atom is -0.468 e. The molecular weight excluding hydrogens is 143 g/mol. The van der Waals surface area contributed by atoms with Gasteiger partial charge in [-0.3, -0.25) is 4.79 Å². The standard InChI is InChI=1S/C6H9O2.K/c1-2-8-6(7)5-3-4-5;/h3,5H,2,4H2,1H3;/q-1;+1/t5-;/m1./s1. The molecule has 0 aromatic rings. The molecule has 1 fully saturated rings. The van der Waals surface area contributed by atoms with E-state index in [1.165, 1.54) is 0 Å². The average molecular weight is 152 g/mol. The molecule has 0 radical (unpaired) electrons. The van der Waals surface area contributed by atoms with Gasteiger partial charge < -0.3 is 11.2 Å². The fraction of sp³-hybridized carbons (Fsp3) is 0.667. The summed E-state index contributed by atoms with van der Waals surface area (Å²) >= 11 is 0. The van der Waals surface area contributed by atoms with Gasteiger partial charge in [-0.1, -0.05) is 5.92 Å². The first-order chi connectivity index (χ1) is 3.84. The first kappa shape index (κ1) is 10.1. The van der Waals surface area contributed by atoms with Crippen molar-refractivity contribution in [2.75, 3.05) is 6.61 Å². The first-order valence-electron chi connectivity index (χ1n) is 2.84. The Kier molecular flexibility index (Phi) is 5.45. The van der Waals surface area contributed by atoms with E-state index in [-0.39, 0.29) is 63.3 Å². The molecule has 0 aliphatic heterocycles. The van der Waals surface area contributed by atoms with E-state index in [4.69, 9.17) is 4.74 Å². The van der Waals surface area contributed by atoms with E-state index >= 15 is 0 Å². The Morgan fingerprint density at radius 2 is 2.44 bits per heavy atom. The fourth-order valence-corrected chi connectivity index (χ4v) is 0.510. The molecule has 0 unspecified atom stereocenters. The smallest absolute Gasteiger partial charge is 0.468 e. The number of carbonyl (C=O) groups excluding carboxylic acids is 1. The van der Waals surface area contributed by atoms with Gasteiger partial charge >= 0.3 is 51.4 Å². The third kappa shape index (κ3) is 3.73. The minimum atomic E-state index is -0.0625. The molecule has 46 valence electrons.